The zero-order valence-corrected chi connectivity index (χ0v) is 17.7. The summed E-state index contributed by atoms with van der Waals surface area (Å²) in [4.78, 5) is 33.2. The standard InChI is InChI=1S/C21H24N6OS/c1-13-6-7-19(22-10-13)26-21(28)17-9-14(2)23-20(25-17)18-5-4-8-27(18)11-16-12-29-15(3)24-16/h6-7,9-10,12,18H,4-5,8,11H2,1-3H3,(H,22,26,28). The first-order valence-corrected chi connectivity index (χ1v) is 10.6. The van der Waals surface area contributed by atoms with Crippen molar-refractivity contribution in [3.8, 4) is 0 Å². The molecular weight excluding hydrogens is 384 g/mol. The average molecular weight is 409 g/mol. The minimum atomic E-state index is -0.271. The van der Waals surface area contributed by atoms with Crippen LogP contribution in [0.3, 0.4) is 0 Å². The van der Waals surface area contributed by atoms with Crippen LogP contribution in [0.4, 0.5) is 5.82 Å². The van der Waals surface area contributed by atoms with Crippen LogP contribution >= 0.6 is 11.3 Å². The fraction of sp³-hybridized carbons (Fsp3) is 0.381. The Labute approximate surface area is 174 Å². The van der Waals surface area contributed by atoms with Crippen LogP contribution in [0.2, 0.25) is 0 Å². The molecule has 0 spiro atoms. The minimum Gasteiger partial charge on any atom is -0.305 e. The summed E-state index contributed by atoms with van der Waals surface area (Å²) in [6.07, 6.45) is 3.79. The normalized spacial score (nSPS) is 16.9. The lowest BCUT2D eigenvalue weighted by molar-refractivity contribution is 0.102. The highest BCUT2D eigenvalue weighted by Gasteiger charge is 2.29. The quantitative estimate of drug-likeness (QED) is 0.690. The number of nitrogens with zero attached hydrogens (tertiary/aromatic N) is 5. The fourth-order valence-electron chi connectivity index (χ4n) is 3.58. The van der Waals surface area contributed by atoms with Gasteiger partial charge in [-0.2, -0.15) is 0 Å². The van der Waals surface area contributed by atoms with Crippen LogP contribution in [0, 0.1) is 20.8 Å². The van der Waals surface area contributed by atoms with Gasteiger partial charge in [0.1, 0.15) is 17.3 Å². The van der Waals surface area contributed by atoms with E-state index in [-0.39, 0.29) is 11.9 Å². The molecule has 3 aromatic heterocycles. The molecule has 0 aromatic carbocycles. The summed E-state index contributed by atoms with van der Waals surface area (Å²) in [5.41, 5.74) is 3.27. The lowest BCUT2D eigenvalue weighted by Gasteiger charge is -2.23. The first-order valence-electron chi connectivity index (χ1n) is 9.72. The van der Waals surface area contributed by atoms with Gasteiger partial charge in [-0.15, -0.1) is 11.3 Å². The van der Waals surface area contributed by atoms with Gasteiger partial charge in [-0.25, -0.2) is 19.9 Å². The Morgan fingerprint density at radius 1 is 1.24 bits per heavy atom. The SMILES string of the molecule is Cc1ccc(NC(=O)c2cc(C)nc(C3CCCN3Cc3csc(C)n3)n2)nc1. The largest absolute Gasteiger partial charge is 0.305 e. The summed E-state index contributed by atoms with van der Waals surface area (Å²) < 4.78 is 0. The summed E-state index contributed by atoms with van der Waals surface area (Å²) in [6.45, 7) is 7.63. The van der Waals surface area contributed by atoms with Crippen molar-refractivity contribution in [3.63, 3.8) is 0 Å². The second kappa shape index (κ2) is 8.34. The van der Waals surface area contributed by atoms with E-state index >= 15 is 0 Å². The Bertz CT molecular complexity index is 1020. The average Bonchev–Trinajstić information content (AvgIpc) is 3.32. The van der Waals surface area contributed by atoms with Gasteiger partial charge in [-0.05, 0) is 57.9 Å². The third-order valence-corrected chi connectivity index (χ3v) is 5.77. The van der Waals surface area contributed by atoms with E-state index in [2.05, 4.69) is 35.5 Å². The monoisotopic (exact) mass is 408 g/mol. The van der Waals surface area contributed by atoms with Gasteiger partial charge in [0.2, 0.25) is 0 Å². The maximum absolute atomic E-state index is 12.7. The van der Waals surface area contributed by atoms with Crippen molar-refractivity contribution in [3.05, 3.63) is 63.3 Å². The van der Waals surface area contributed by atoms with Crippen LogP contribution in [0.15, 0.2) is 29.8 Å². The van der Waals surface area contributed by atoms with E-state index in [0.717, 1.165) is 47.9 Å². The minimum absolute atomic E-state index is 0.0981. The molecule has 4 rings (SSSR count). The van der Waals surface area contributed by atoms with Gasteiger partial charge in [0.25, 0.3) is 5.91 Å². The highest BCUT2D eigenvalue weighted by molar-refractivity contribution is 7.09. The summed E-state index contributed by atoms with van der Waals surface area (Å²) in [5, 5.41) is 6.00. The molecule has 1 N–H and O–H groups in total. The first kappa shape index (κ1) is 19.6. The molecule has 0 saturated carbocycles. The second-order valence-corrected chi connectivity index (χ2v) is 8.48. The number of likely N-dealkylation sites (tertiary alicyclic amines) is 1. The van der Waals surface area contributed by atoms with E-state index in [0.29, 0.717) is 17.3 Å². The number of hydrogen-bond acceptors (Lipinski definition) is 7. The molecule has 1 aliphatic rings. The maximum Gasteiger partial charge on any atom is 0.275 e. The molecule has 1 saturated heterocycles. The third kappa shape index (κ3) is 4.65. The smallest absolute Gasteiger partial charge is 0.275 e. The van der Waals surface area contributed by atoms with Crippen LogP contribution in [0.1, 0.15) is 57.2 Å². The first-order chi connectivity index (χ1) is 14.0. The van der Waals surface area contributed by atoms with Gasteiger partial charge in [0, 0.05) is 23.8 Å². The molecule has 4 heterocycles. The molecule has 1 aliphatic heterocycles. The number of rotatable bonds is 5. The molecule has 0 bridgehead atoms. The summed E-state index contributed by atoms with van der Waals surface area (Å²) in [6, 6.07) is 5.52. The molecule has 8 heteroatoms. The van der Waals surface area contributed by atoms with Crippen molar-refractivity contribution in [1.82, 2.24) is 24.8 Å². The molecule has 150 valence electrons. The highest BCUT2D eigenvalue weighted by atomic mass is 32.1. The number of nitrogens with one attached hydrogen (secondary N) is 1. The number of anilines is 1. The second-order valence-electron chi connectivity index (χ2n) is 7.41. The van der Waals surface area contributed by atoms with E-state index in [1.54, 1.807) is 29.7 Å². The van der Waals surface area contributed by atoms with Gasteiger partial charge in [0.15, 0.2) is 0 Å². The number of aryl methyl sites for hydroxylation is 3. The predicted octanol–water partition coefficient (Wildman–Crippen LogP) is 3.84. The van der Waals surface area contributed by atoms with Crippen LogP contribution in [-0.2, 0) is 6.54 Å². The molecule has 1 fully saturated rings. The van der Waals surface area contributed by atoms with Crippen LogP contribution in [0.25, 0.3) is 0 Å². The van der Waals surface area contributed by atoms with Crippen molar-refractivity contribution in [1.29, 1.82) is 0 Å². The number of hydrogen-bond donors (Lipinski definition) is 1. The maximum atomic E-state index is 12.7. The molecular formula is C21H24N6OS. The van der Waals surface area contributed by atoms with Crippen molar-refractivity contribution >= 4 is 23.1 Å². The lowest BCUT2D eigenvalue weighted by Crippen LogP contribution is -2.26. The highest BCUT2D eigenvalue weighted by Crippen LogP contribution is 2.31. The molecule has 29 heavy (non-hydrogen) atoms. The number of amides is 1. The van der Waals surface area contributed by atoms with Crippen LogP contribution < -0.4 is 5.32 Å². The Kier molecular flexibility index (Phi) is 5.64. The van der Waals surface area contributed by atoms with Crippen molar-refractivity contribution < 1.29 is 4.79 Å². The molecule has 1 amide bonds. The molecule has 1 atom stereocenters. The number of thiazole rings is 1. The van der Waals surface area contributed by atoms with Gasteiger partial charge in [0.05, 0.1) is 16.7 Å². The Balaban J connectivity index is 1.53. The van der Waals surface area contributed by atoms with E-state index in [9.17, 15) is 4.79 Å². The number of carbonyl (C=O) groups is 1. The number of carbonyl (C=O) groups excluding carboxylic acids is 1. The summed E-state index contributed by atoms with van der Waals surface area (Å²) in [7, 11) is 0. The summed E-state index contributed by atoms with van der Waals surface area (Å²) >= 11 is 1.67. The van der Waals surface area contributed by atoms with Gasteiger partial charge in [-0.1, -0.05) is 6.07 Å². The van der Waals surface area contributed by atoms with E-state index in [1.165, 1.54) is 0 Å². The van der Waals surface area contributed by atoms with Gasteiger partial charge in [-0.3, -0.25) is 9.69 Å². The molecule has 0 aliphatic carbocycles. The Morgan fingerprint density at radius 3 is 2.83 bits per heavy atom. The Morgan fingerprint density at radius 2 is 2.10 bits per heavy atom. The fourth-order valence-corrected chi connectivity index (χ4v) is 4.18. The van der Waals surface area contributed by atoms with Crippen molar-refractivity contribution in [2.24, 2.45) is 0 Å². The number of aromatic nitrogens is 4. The van der Waals surface area contributed by atoms with Crippen LogP contribution in [-0.4, -0.2) is 37.3 Å². The van der Waals surface area contributed by atoms with Crippen molar-refractivity contribution in [2.75, 3.05) is 11.9 Å². The van der Waals surface area contributed by atoms with Crippen LogP contribution in [0.5, 0.6) is 0 Å². The van der Waals surface area contributed by atoms with E-state index in [4.69, 9.17) is 0 Å². The molecule has 3 aromatic rings. The third-order valence-electron chi connectivity index (χ3n) is 4.95. The lowest BCUT2D eigenvalue weighted by atomic mass is 10.2. The zero-order chi connectivity index (χ0) is 20.4. The zero-order valence-electron chi connectivity index (χ0n) is 16.8. The molecule has 7 nitrogen and oxygen atoms in total. The van der Waals surface area contributed by atoms with Crippen molar-refractivity contribution in [2.45, 2.75) is 46.2 Å². The predicted molar refractivity (Wildman–Crippen MR) is 113 cm³/mol. The van der Waals surface area contributed by atoms with E-state index < -0.39 is 0 Å². The number of pyridine rings is 1. The van der Waals surface area contributed by atoms with Gasteiger partial charge >= 0.3 is 0 Å². The molecule has 0 radical (unpaired) electrons. The van der Waals surface area contributed by atoms with Gasteiger partial charge < -0.3 is 5.32 Å². The molecule has 1 unspecified atom stereocenters. The topological polar surface area (TPSA) is 83.9 Å². The summed E-state index contributed by atoms with van der Waals surface area (Å²) in [5.74, 6) is 0.948. The van der Waals surface area contributed by atoms with E-state index in [1.807, 2.05) is 26.8 Å². The Hall–Kier alpha value is -2.71.